The van der Waals surface area contributed by atoms with Crippen molar-refractivity contribution in [3.8, 4) is 16.9 Å². The summed E-state index contributed by atoms with van der Waals surface area (Å²) in [7, 11) is 0. The number of aromatic amines is 1. The predicted octanol–water partition coefficient (Wildman–Crippen LogP) is 3.80. The van der Waals surface area contributed by atoms with Crippen LogP contribution >= 0.6 is 0 Å². The lowest BCUT2D eigenvalue weighted by Gasteiger charge is -2.11. The quantitative estimate of drug-likeness (QED) is 0.434. The Bertz CT molecular complexity index is 1300. The third-order valence-corrected chi connectivity index (χ3v) is 4.99. The molecule has 0 aliphatic rings. The summed E-state index contributed by atoms with van der Waals surface area (Å²) in [5.74, 6) is -1.57. The van der Waals surface area contributed by atoms with Crippen LogP contribution in [0, 0.1) is 5.82 Å². The number of halogens is 1. The number of hydrogen-bond donors (Lipinski definition) is 3. The summed E-state index contributed by atoms with van der Waals surface area (Å²) in [6.45, 7) is 0.0964. The van der Waals surface area contributed by atoms with Gasteiger partial charge in [-0.05, 0) is 34.4 Å². The van der Waals surface area contributed by atoms with Crippen LogP contribution in [-0.4, -0.2) is 21.0 Å². The first-order valence-corrected chi connectivity index (χ1v) is 9.99. The maximum Gasteiger partial charge on any atom is 0.293 e. The predicted molar refractivity (Wildman–Crippen MR) is 119 cm³/mol. The Morgan fingerprint density at radius 3 is 2.41 bits per heavy atom. The molecule has 0 aliphatic carbocycles. The van der Waals surface area contributed by atoms with E-state index < -0.39 is 17.2 Å². The SMILES string of the molecule is O=C(NCc1ccc(F)cc1)c1nc(Cc2ccccc2-c2ccccc2)[nH]c(=O)c1O. The van der Waals surface area contributed by atoms with E-state index in [1.165, 1.54) is 24.3 Å². The lowest BCUT2D eigenvalue weighted by molar-refractivity contribution is 0.0942. The molecule has 0 bridgehead atoms. The lowest BCUT2D eigenvalue weighted by Crippen LogP contribution is -2.27. The molecule has 0 atom stereocenters. The van der Waals surface area contributed by atoms with Gasteiger partial charge < -0.3 is 15.4 Å². The zero-order chi connectivity index (χ0) is 22.5. The van der Waals surface area contributed by atoms with Gasteiger partial charge in [0.1, 0.15) is 11.6 Å². The van der Waals surface area contributed by atoms with Gasteiger partial charge in [0.05, 0.1) is 0 Å². The van der Waals surface area contributed by atoms with Crippen molar-refractivity contribution in [2.75, 3.05) is 0 Å². The van der Waals surface area contributed by atoms with Gasteiger partial charge in [0.2, 0.25) is 5.75 Å². The van der Waals surface area contributed by atoms with Gasteiger partial charge in [-0.15, -0.1) is 0 Å². The number of H-pyrrole nitrogens is 1. The topological polar surface area (TPSA) is 95.1 Å². The normalized spacial score (nSPS) is 10.7. The first-order chi connectivity index (χ1) is 15.5. The minimum atomic E-state index is -0.792. The van der Waals surface area contributed by atoms with Gasteiger partial charge in [-0.25, -0.2) is 9.37 Å². The van der Waals surface area contributed by atoms with E-state index in [1.54, 1.807) is 0 Å². The van der Waals surface area contributed by atoms with E-state index in [0.717, 1.165) is 16.7 Å². The number of aromatic nitrogens is 2. The highest BCUT2D eigenvalue weighted by atomic mass is 19.1. The zero-order valence-electron chi connectivity index (χ0n) is 17.0. The Hall–Kier alpha value is -4.26. The number of carbonyl (C=O) groups excluding carboxylic acids is 1. The van der Waals surface area contributed by atoms with Crippen molar-refractivity contribution in [1.82, 2.24) is 15.3 Å². The molecule has 0 saturated carbocycles. The maximum atomic E-state index is 13.0. The van der Waals surface area contributed by atoms with Gasteiger partial charge in [-0.2, -0.15) is 0 Å². The molecule has 3 N–H and O–H groups in total. The summed E-state index contributed by atoms with van der Waals surface area (Å²) in [6, 6.07) is 23.1. The molecule has 160 valence electrons. The average Bonchev–Trinajstić information content (AvgIpc) is 2.81. The number of amides is 1. The monoisotopic (exact) mass is 429 g/mol. The summed E-state index contributed by atoms with van der Waals surface area (Å²) in [5.41, 5.74) is 2.42. The highest BCUT2D eigenvalue weighted by Crippen LogP contribution is 2.25. The summed E-state index contributed by atoms with van der Waals surface area (Å²) in [5, 5.41) is 12.7. The highest BCUT2D eigenvalue weighted by molar-refractivity contribution is 5.94. The summed E-state index contributed by atoms with van der Waals surface area (Å²) >= 11 is 0. The molecule has 6 nitrogen and oxygen atoms in total. The summed E-state index contributed by atoms with van der Waals surface area (Å²) < 4.78 is 13.0. The molecule has 32 heavy (non-hydrogen) atoms. The van der Waals surface area contributed by atoms with Gasteiger partial charge >= 0.3 is 0 Å². The molecule has 0 fully saturated rings. The van der Waals surface area contributed by atoms with E-state index in [2.05, 4.69) is 15.3 Å². The first-order valence-electron chi connectivity index (χ1n) is 9.99. The van der Waals surface area contributed by atoms with Crippen molar-refractivity contribution in [3.05, 3.63) is 118 Å². The van der Waals surface area contributed by atoms with E-state index in [9.17, 15) is 19.1 Å². The van der Waals surface area contributed by atoms with Crippen molar-refractivity contribution < 1.29 is 14.3 Å². The molecule has 0 unspecified atom stereocenters. The molecule has 4 aromatic rings. The Balaban J connectivity index is 1.59. The molecule has 1 amide bonds. The van der Waals surface area contributed by atoms with Crippen LogP contribution in [0.15, 0.2) is 83.7 Å². The fourth-order valence-corrected chi connectivity index (χ4v) is 3.38. The number of nitrogens with one attached hydrogen (secondary N) is 2. The molecule has 1 aromatic heterocycles. The summed E-state index contributed by atoms with van der Waals surface area (Å²) in [4.78, 5) is 31.6. The standard InChI is InChI=1S/C25H20FN3O3/c26-19-12-10-16(11-13-19)15-27-24(31)22-23(30)25(32)29-21(28-22)14-18-8-4-5-9-20(18)17-6-2-1-3-7-17/h1-13,30H,14-15H2,(H,27,31)(H,28,29,32). The Morgan fingerprint density at radius 1 is 0.969 bits per heavy atom. The van der Waals surface area contributed by atoms with Crippen LogP contribution in [0.3, 0.4) is 0 Å². The van der Waals surface area contributed by atoms with Gasteiger partial charge in [-0.1, -0.05) is 66.7 Å². The largest absolute Gasteiger partial charge is 0.501 e. The van der Waals surface area contributed by atoms with Crippen LogP contribution in [0.4, 0.5) is 4.39 Å². The van der Waals surface area contributed by atoms with E-state index in [-0.39, 0.29) is 30.3 Å². The zero-order valence-corrected chi connectivity index (χ0v) is 17.0. The van der Waals surface area contributed by atoms with Crippen molar-refractivity contribution in [2.45, 2.75) is 13.0 Å². The Morgan fingerprint density at radius 2 is 1.66 bits per heavy atom. The minimum absolute atomic E-state index is 0.0964. The van der Waals surface area contributed by atoms with E-state index >= 15 is 0 Å². The fraction of sp³-hybridized carbons (Fsp3) is 0.0800. The number of aromatic hydroxyl groups is 1. The second-order valence-corrected chi connectivity index (χ2v) is 7.22. The van der Waals surface area contributed by atoms with Gasteiger partial charge in [0.15, 0.2) is 5.69 Å². The average molecular weight is 429 g/mol. The third kappa shape index (κ3) is 4.73. The minimum Gasteiger partial charge on any atom is -0.501 e. The Kier molecular flexibility index (Phi) is 6.07. The molecule has 7 heteroatoms. The van der Waals surface area contributed by atoms with Gasteiger partial charge in [-0.3, -0.25) is 9.59 Å². The van der Waals surface area contributed by atoms with Crippen LogP contribution in [0.2, 0.25) is 0 Å². The maximum absolute atomic E-state index is 13.0. The van der Waals surface area contributed by atoms with Crippen LogP contribution < -0.4 is 10.9 Å². The number of carbonyl (C=O) groups is 1. The molecule has 3 aromatic carbocycles. The molecular weight excluding hydrogens is 409 g/mol. The van der Waals surface area contributed by atoms with Crippen LogP contribution in [0.25, 0.3) is 11.1 Å². The number of rotatable bonds is 6. The molecule has 0 aliphatic heterocycles. The van der Waals surface area contributed by atoms with Gasteiger partial charge in [0.25, 0.3) is 11.5 Å². The Labute approximate surface area is 183 Å². The number of hydrogen-bond acceptors (Lipinski definition) is 4. The van der Waals surface area contributed by atoms with Crippen LogP contribution in [0.1, 0.15) is 27.4 Å². The van der Waals surface area contributed by atoms with Crippen LogP contribution in [-0.2, 0) is 13.0 Å². The molecule has 4 rings (SSSR count). The van der Waals surface area contributed by atoms with Crippen molar-refractivity contribution in [2.24, 2.45) is 0 Å². The van der Waals surface area contributed by atoms with Crippen molar-refractivity contribution >= 4 is 5.91 Å². The molecular formula is C25H20FN3O3. The van der Waals surface area contributed by atoms with E-state index in [4.69, 9.17) is 0 Å². The lowest BCUT2D eigenvalue weighted by atomic mass is 9.97. The smallest absolute Gasteiger partial charge is 0.293 e. The number of benzene rings is 3. The number of nitrogens with zero attached hydrogens (tertiary/aromatic N) is 1. The third-order valence-electron chi connectivity index (χ3n) is 4.99. The molecule has 0 saturated heterocycles. The highest BCUT2D eigenvalue weighted by Gasteiger charge is 2.18. The fourth-order valence-electron chi connectivity index (χ4n) is 3.38. The van der Waals surface area contributed by atoms with Gasteiger partial charge in [0, 0.05) is 13.0 Å². The molecule has 1 heterocycles. The van der Waals surface area contributed by atoms with E-state index in [0.29, 0.717) is 5.56 Å². The first kappa shape index (κ1) is 21.0. The second kappa shape index (κ2) is 9.26. The van der Waals surface area contributed by atoms with Crippen molar-refractivity contribution in [1.29, 1.82) is 0 Å². The second-order valence-electron chi connectivity index (χ2n) is 7.22. The van der Waals surface area contributed by atoms with E-state index in [1.807, 2.05) is 54.6 Å². The van der Waals surface area contributed by atoms with Crippen molar-refractivity contribution in [3.63, 3.8) is 0 Å². The van der Waals surface area contributed by atoms with Crippen LogP contribution in [0.5, 0.6) is 5.75 Å². The molecule has 0 radical (unpaired) electrons. The summed E-state index contributed by atoms with van der Waals surface area (Å²) in [6.07, 6.45) is 0.263. The molecule has 0 spiro atoms.